The van der Waals surface area contributed by atoms with Crippen molar-refractivity contribution in [3.05, 3.63) is 46.2 Å². The molecule has 0 saturated heterocycles. The predicted octanol–water partition coefficient (Wildman–Crippen LogP) is 2.61. The Labute approximate surface area is 105 Å². The first-order valence-electron chi connectivity index (χ1n) is 5.09. The topological polar surface area (TPSA) is 60.2 Å². The third kappa shape index (κ3) is 2.50. The summed E-state index contributed by atoms with van der Waals surface area (Å²) in [6.07, 6.45) is 0. The van der Waals surface area contributed by atoms with Crippen molar-refractivity contribution in [2.24, 2.45) is 0 Å². The first kappa shape index (κ1) is 12.1. The van der Waals surface area contributed by atoms with Gasteiger partial charge in [0.1, 0.15) is 0 Å². The highest BCUT2D eigenvalue weighted by Crippen LogP contribution is 2.24. The Balaban J connectivity index is 2.42. The van der Waals surface area contributed by atoms with Gasteiger partial charge in [-0.2, -0.15) is 11.3 Å². The summed E-state index contributed by atoms with van der Waals surface area (Å²) in [7, 11) is -3.31. The van der Waals surface area contributed by atoms with Crippen LogP contribution in [0.3, 0.4) is 0 Å². The van der Waals surface area contributed by atoms with Crippen LogP contribution >= 0.6 is 11.3 Å². The maximum Gasteiger partial charge on any atom is 0.182 e. The lowest BCUT2D eigenvalue weighted by molar-refractivity contribution is 0.595. The van der Waals surface area contributed by atoms with Gasteiger partial charge in [-0.15, -0.1) is 0 Å². The molecule has 0 aliphatic rings. The third-order valence-corrected chi connectivity index (χ3v) is 5.16. The number of thiophene rings is 1. The van der Waals surface area contributed by atoms with Gasteiger partial charge in [-0.25, -0.2) is 8.42 Å². The summed E-state index contributed by atoms with van der Waals surface area (Å²) in [5, 5.41) is 3.72. The van der Waals surface area contributed by atoms with Crippen LogP contribution in [-0.2, 0) is 15.6 Å². The van der Waals surface area contributed by atoms with E-state index in [1.807, 2.05) is 16.8 Å². The van der Waals surface area contributed by atoms with Gasteiger partial charge in [-0.05, 0) is 47.0 Å². The van der Waals surface area contributed by atoms with Crippen molar-refractivity contribution in [2.75, 3.05) is 5.73 Å². The van der Waals surface area contributed by atoms with Crippen LogP contribution in [0, 0.1) is 6.92 Å². The van der Waals surface area contributed by atoms with Crippen LogP contribution in [0.1, 0.15) is 11.1 Å². The highest BCUT2D eigenvalue weighted by molar-refractivity contribution is 7.90. The summed E-state index contributed by atoms with van der Waals surface area (Å²) in [5.41, 5.74) is 7.68. The number of nitrogens with two attached hydrogens (primary N) is 1. The standard InChI is InChI=1S/C12H13NO2S2/c1-9-11(13)3-2-4-12(9)17(14,15)8-10-5-6-16-7-10/h2-7H,8,13H2,1H3. The molecule has 0 unspecified atom stereocenters. The molecule has 0 fully saturated rings. The van der Waals surface area contributed by atoms with Crippen LogP contribution in [0.25, 0.3) is 0 Å². The highest BCUT2D eigenvalue weighted by Gasteiger charge is 2.18. The molecule has 0 bridgehead atoms. The zero-order chi connectivity index (χ0) is 12.5. The van der Waals surface area contributed by atoms with Gasteiger partial charge in [-0.3, -0.25) is 0 Å². The Kier molecular flexibility index (Phi) is 3.22. The van der Waals surface area contributed by atoms with E-state index in [9.17, 15) is 8.42 Å². The molecule has 0 aliphatic carbocycles. The van der Waals surface area contributed by atoms with Gasteiger partial charge in [-0.1, -0.05) is 6.07 Å². The molecule has 1 aromatic heterocycles. The Morgan fingerprint density at radius 1 is 1.29 bits per heavy atom. The molecule has 2 aromatic rings. The Hall–Kier alpha value is -1.33. The summed E-state index contributed by atoms with van der Waals surface area (Å²) in [6.45, 7) is 1.73. The van der Waals surface area contributed by atoms with E-state index in [0.29, 0.717) is 16.1 Å². The van der Waals surface area contributed by atoms with Gasteiger partial charge in [0.15, 0.2) is 9.84 Å². The lowest BCUT2D eigenvalue weighted by Crippen LogP contribution is -2.07. The molecule has 2 N–H and O–H groups in total. The lowest BCUT2D eigenvalue weighted by atomic mass is 10.2. The fraction of sp³-hybridized carbons (Fsp3) is 0.167. The fourth-order valence-electron chi connectivity index (χ4n) is 1.64. The SMILES string of the molecule is Cc1c(N)cccc1S(=O)(=O)Cc1ccsc1. The minimum Gasteiger partial charge on any atom is -0.398 e. The maximum atomic E-state index is 12.2. The number of benzene rings is 1. The number of nitrogen functional groups attached to an aromatic ring is 1. The number of hydrogen-bond donors (Lipinski definition) is 1. The molecule has 0 atom stereocenters. The van der Waals surface area contributed by atoms with Crippen molar-refractivity contribution in [2.45, 2.75) is 17.6 Å². The lowest BCUT2D eigenvalue weighted by Gasteiger charge is -2.08. The second kappa shape index (κ2) is 4.50. The Morgan fingerprint density at radius 3 is 2.71 bits per heavy atom. The molecule has 0 amide bonds. The highest BCUT2D eigenvalue weighted by atomic mass is 32.2. The average molecular weight is 267 g/mol. The first-order valence-corrected chi connectivity index (χ1v) is 7.69. The predicted molar refractivity (Wildman–Crippen MR) is 70.8 cm³/mol. The van der Waals surface area contributed by atoms with E-state index in [4.69, 9.17) is 5.73 Å². The van der Waals surface area contributed by atoms with Gasteiger partial charge in [0.2, 0.25) is 0 Å². The molecular weight excluding hydrogens is 254 g/mol. The van der Waals surface area contributed by atoms with Crippen molar-refractivity contribution >= 4 is 26.9 Å². The monoisotopic (exact) mass is 267 g/mol. The number of rotatable bonds is 3. The van der Waals surface area contributed by atoms with E-state index in [2.05, 4.69) is 0 Å². The molecule has 0 saturated carbocycles. The van der Waals surface area contributed by atoms with Gasteiger partial charge in [0.25, 0.3) is 0 Å². The normalized spacial score (nSPS) is 11.6. The van der Waals surface area contributed by atoms with Crippen LogP contribution in [0.4, 0.5) is 5.69 Å². The second-order valence-corrected chi connectivity index (χ2v) is 6.60. The molecule has 17 heavy (non-hydrogen) atoms. The maximum absolute atomic E-state index is 12.2. The van der Waals surface area contributed by atoms with Crippen LogP contribution < -0.4 is 5.73 Å². The number of sulfone groups is 1. The van der Waals surface area contributed by atoms with E-state index in [0.717, 1.165) is 5.56 Å². The van der Waals surface area contributed by atoms with Gasteiger partial charge >= 0.3 is 0 Å². The number of anilines is 1. The van der Waals surface area contributed by atoms with Crippen molar-refractivity contribution in [3.63, 3.8) is 0 Å². The van der Waals surface area contributed by atoms with E-state index < -0.39 is 9.84 Å². The Morgan fingerprint density at radius 2 is 2.06 bits per heavy atom. The first-order chi connectivity index (χ1) is 8.00. The van der Waals surface area contributed by atoms with Crippen molar-refractivity contribution < 1.29 is 8.42 Å². The van der Waals surface area contributed by atoms with Crippen LogP contribution in [0.15, 0.2) is 39.9 Å². The molecule has 0 radical (unpaired) electrons. The van der Waals surface area contributed by atoms with E-state index in [-0.39, 0.29) is 5.75 Å². The fourth-order valence-corrected chi connectivity index (χ4v) is 4.06. The molecular formula is C12H13NO2S2. The van der Waals surface area contributed by atoms with E-state index in [1.165, 1.54) is 11.3 Å². The smallest absolute Gasteiger partial charge is 0.182 e. The molecule has 5 heteroatoms. The summed E-state index contributed by atoms with van der Waals surface area (Å²) in [5.74, 6) is 0.0286. The van der Waals surface area contributed by atoms with Crippen LogP contribution in [0.2, 0.25) is 0 Å². The minimum absolute atomic E-state index is 0.0286. The molecule has 0 aliphatic heterocycles. The van der Waals surface area contributed by atoms with Crippen molar-refractivity contribution in [1.82, 2.24) is 0 Å². The van der Waals surface area contributed by atoms with Gasteiger partial charge < -0.3 is 5.73 Å². The zero-order valence-electron chi connectivity index (χ0n) is 9.38. The minimum atomic E-state index is -3.31. The second-order valence-electron chi connectivity index (χ2n) is 3.86. The van der Waals surface area contributed by atoms with Crippen molar-refractivity contribution in [1.29, 1.82) is 0 Å². The van der Waals surface area contributed by atoms with Crippen molar-refractivity contribution in [3.8, 4) is 0 Å². The van der Waals surface area contributed by atoms with E-state index >= 15 is 0 Å². The molecule has 1 heterocycles. The van der Waals surface area contributed by atoms with E-state index in [1.54, 1.807) is 25.1 Å². The summed E-state index contributed by atoms with van der Waals surface area (Å²) >= 11 is 1.49. The molecule has 1 aromatic carbocycles. The molecule has 2 rings (SSSR count). The molecule has 0 spiro atoms. The summed E-state index contributed by atoms with van der Waals surface area (Å²) < 4.78 is 24.4. The summed E-state index contributed by atoms with van der Waals surface area (Å²) in [6, 6.07) is 6.80. The van der Waals surface area contributed by atoms with Crippen LogP contribution in [-0.4, -0.2) is 8.42 Å². The average Bonchev–Trinajstić information content (AvgIpc) is 2.73. The largest absolute Gasteiger partial charge is 0.398 e. The molecule has 90 valence electrons. The third-order valence-electron chi connectivity index (χ3n) is 2.60. The van der Waals surface area contributed by atoms with Gasteiger partial charge in [0.05, 0.1) is 10.6 Å². The Bertz CT molecular complexity index is 616. The van der Waals surface area contributed by atoms with Gasteiger partial charge in [0, 0.05) is 5.69 Å². The quantitative estimate of drug-likeness (QED) is 0.870. The summed E-state index contributed by atoms with van der Waals surface area (Å²) in [4.78, 5) is 0.323. The van der Waals surface area contributed by atoms with Crippen LogP contribution in [0.5, 0.6) is 0 Å². The molecule has 3 nitrogen and oxygen atoms in total. The zero-order valence-corrected chi connectivity index (χ0v) is 11.0. The number of hydrogen-bond acceptors (Lipinski definition) is 4.